The molecule has 6 nitrogen and oxygen atoms in total. The van der Waals surface area contributed by atoms with Gasteiger partial charge in [0.2, 0.25) is 5.82 Å². The number of aromatic amines is 1. The lowest BCUT2D eigenvalue weighted by Crippen LogP contribution is -1.82. The molecule has 0 spiro atoms. The van der Waals surface area contributed by atoms with Crippen molar-refractivity contribution in [2.75, 3.05) is 0 Å². The fourth-order valence-electron chi connectivity index (χ4n) is 2.22. The molecule has 1 N–H and O–H groups in total. The summed E-state index contributed by atoms with van der Waals surface area (Å²) in [6.45, 7) is 0. The second-order valence-electron chi connectivity index (χ2n) is 4.75. The number of aromatic nitrogens is 4. The number of rotatable bonds is 2. The molecule has 0 bridgehead atoms. The highest BCUT2D eigenvalue weighted by Crippen LogP contribution is 2.24. The summed E-state index contributed by atoms with van der Waals surface area (Å²) in [5.41, 5.74) is 4.02. The molecule has 0 atom stereocenters. The molecule has 4 rings (SSSR count). The van der Waals surface area contributed by atoms with Crippen LogP contribution in [0.4, 0.5) is 0 Å². The Kier molecular flexibility index (Phi) is 2.70. The second kappa shape index (κ2) is 4.82. The van der Waals surface area contributed by atoms with Crippen molar-refractivity contribution in [3.8, 4) is 28.9 Å². The lowest BCUT2D eigenvalue weighted by molar-refractivity contribution is 0.432. The number of nitrogens with one attached hydrogen (secondary N) is 1. The molecule has 0 saturated carbocycles. The van der Waals surface area contributed by atoms with Crippen molar-refractivity contribution in [1.29, 1.82) is 5.26 Å². The van der Waals surface area contributed by atoms with Crippen LogP contribution in [0.3, 0.4) is 0 Å². The van der Waals surface area contributed by atoms with Crippen LogP contribution >= 0.6 is 0 Å². The second-order valence-corrected chi connectivity index (χ2v) is 4.75. The molecule has 0 unspecified atom stereocenters. The molecule has 104 valence electrons. The third-order valence-corrected chi connectivity index (χ3v) is 3.37. The Hall–Kier alpha value is -3.46. The summed E-state index contributed by atoms with van der Waals surface area (Å²) >= 11 is 0. The predicted octanol–water partition coefficient (Wildman–Crippen LogP) is 3.15. The third kappa shape index (κ3) is 2.01. The molecule has 0 amide bonds. The highest BCUT2D eigenvalue weighted by Gasteiger charge is 2.11. The van der Waals surface area contributed by atoms with Gasteiger partial charge in [-0.15, -0.1) is 0 Å². The average molecular weight is 287 g/mol. The van der Waals surface area contributed by atoms with E-state index in [4.69, 9.17) is 9.78 Å². The first-order valence-electron chi connectivity index (χ1n) is 6.61. The van der Waals surface area contributed by atoms with Crippen LogP contribution in [0.15, 0.2) is 53.3 Å². The number of hydrogen-bond donors (Lipinski definition) is 1. The van der Waals surface area contributed by atoms with E-state index in [9.17, 15) is 0 Å². The van der Waals surface area contributed by atoms with Gasteiger partial charge in [-0.1, -0.05) is 5.16 Å². The average Bonchev–Trinajstić information content (AvgIpc) is 3.23. The van der Waals surface area contributed by atoms with Gasteiger partial charge in [0.15, 0.2) is 0 Å². The van der Waals surface area contributed by atoms with Crippen LogP contribution < -0.4 is 0 Å². The fraction of sp³-hybridized carbons (Fsp3) is 0. The molecule has 0 radical (unpaired) electrons. The number of benzene rings is 2. The fourth-order valence-corrected chi connectivity index (χ4v) is 2.22. The van der Waals surface area contributed by atoms with E-state index < -0.39 is 0 Å². The van der Waals surface area contributed by atoms with Crippen molar-refractivity contribution >= 4 is 11.0 Å². The van der Waals surface area contributed by atoms with Crippen LogP contribution in [-0.4, -0.2) is 20.1 Å². The highest BCUT2D eigenvalue weighted by atomic mass is 16.5. The van der Waals surface area contributed by atoms with Crippen molar-refractivity contribution in [3.05, 3.63) is 54.4 Å². The minimum atomic E-state index is 0.421. The Bertz CT molecular complexity index is 991. The van der Waals surface area contributed by atoms with Crippen LogP contribution in [0.2, 0.25) is 0 Å². The molecule has 6 heteroatoms. The van der Waals surface area contributed by atoms with Gasteiger partial charge in [0.05, 0.1) is 29.0 Å². The highest BCUT2D eigenvalue weighted by molar-refractivity contribution is 5.80. The molecule has 0 aliphatic carbocycles. The quantitative estimate of drug-likeness (QED) is 0.611. The van der Waals surface area contributed by atoms with Crippen molar-refractivity contribution < 1.29 is 4.52 Å². The molecule has 2 aromatic heterocycles. The summed E-state index contributed by atoms with van der Waals surface area (Å²) in [6.07, 6.45) is 1.65. The summed E-state index contributed by atoms with van der Waals surface area (Å²) in [5.74, 6) is 0.931. The third-order valence-electron chi connectivity index (χ3n) is 3.37. The predicted molar refractivity (Wildman–Crippen MR) is 79.5 cm³/mol. The summed E-state index contributed by atoms with van der Waals surface area (Å²) in [5, 5.41) is 12.8. The van der Waals surface area contributed by atoms with Gasteiger partial charge in [0.25, 0.3) is 5.89 Å². The van der Waals surface area contributed by atoms with E-state index in [-0.39, 0.29) is 0 Å². The van der Waals surface area contributed by atoms with Gasteiger partial charge in [0.1, 0.15) is 0 Å². The zero-order valence-electron chi connectivity index (χ0n) is 11.3. The van der Waals surface area contributed by atoms with Gasteiger partial charge in [-0.2, -0.15) is 10.2 Å². The van der Waals surface area contributed by atoms with E-state index in [1.54, 1.807) is 30.6 Å². The Morgan fingerprint density at radius 2 is 1.86 bits per heavy atom. The van der Waals surface area contributed by atoms with Gasteiger partial charge in [-0.05, 0) is 42.5 Å². The molecule has 0 saturated heterocycles. The van der Waals surface area contributed by atoms with Gasteiger partial charge in [-0.3, -0.25) is 0 Å². The largest absolute Gasteiger partial charge is 0.345 e. The van der Waals surface area contributed by atoms with Crippen LogP contribution in [0.5, 0.6) is 0 Å². The minimum absolute atomic E-state index is 0.421. The number of nitriles is 1. The Balaban J connectivity index is 1.72. The lowest BCUT2D eigenvalue weighted by atomic mass is 10.1. The van der Waals surface area contributed by atoms with E-state index >= 15 is 0 Å². The van der Waals surface area contributed by atoms with E-state index in [0.717, 1.165) is 22.2 Å². The maximum absolute atomic E-state index is 8.81. The van der Waals surface area contributed by atoms with E-state index in [1.165, 1.54) is 0 Å². The van der Waals surface area contributed by atoms with Gasteiger partial charge >= 0.3 is 0 Å². The van der Waals surface area contributed by atoms with Crippen LogP contribution in [0.1, 0.15) is 5.56 Å². The SMILES string of the molecule is N#Cc1ccc(-c2nc(-c3ccc4nc[nH]c4c3)no2)cc1. The summed E-state index contributed by atoms with van der Waals surface area (Å²) in [6, 6.07) is 14.8. The Morgan fingerprint density at radius 1 is 1.05 bits per heavy atom. The zero-order chi connectivity index (χ0) is 14.9. The first kappa shape index (κ1) is 12.3. The van der Waals surface area contributed by atoms with Crippen LogP contribution in [0, 0.1) is 11.3 Å². The van der Waals surface area contributed by atoms with Crippen molar-refractivity contribution in [2.24, 2.45) is 0 Å². The zero-order valence-corrected chi connectivity index (χ0v) is 11.3. The number of imidazole rings is 1. The lowest BCUT2D eigenvalue weighted by Gasteiger charge is -1.94. The van der Waals surface area contributed by atoms with Crippen molar-refractivity contribution in [1.82, 2.24) is 20.1 Å². The first-order valence-corrected chi connectivity index (χ1v) is 6.61. The number of fused-ring (bicyclic) bond motifs is 1. The molecular formula is C16H9N5O. The van der Waals surface area contributed by atoms with Crippen molar-refractivity contribution in [3.63, 3.8) is 0 Å². The number of hydrogen-bond acceptors (Lipinski definition) is 5. The normalized spacial score (nSPS) is 10.7. The Labute approximate surface area is 125 Å². The standard InChI is InChI=1S/C16H9N5O/c17-8-10-1-3-11(4-2-10)16-20-15(21-22-16)12-5-6-13-14(7-12)19-9-18-13/h1-7,9H,(H,18,19). The van der Waals surface area contributed by atoms with Crippen LogP contribution in [-0.2, 0) is 0 Å². The smallest absolute Gasteiger partial charge is 0.258 e. The first-order chi connectivity index (χ1) is 10.8. The van der Waals surface area contributed by atoms with Gasteiger partial charge in [-0.25, -0.2) is 4.98 Å². The molecule has 22 heavy (non-hydrogen) atoms. The Morgan fingerprint density at radius 3 is 2.68 bits per heavy atom. The minimum Gasteiger partial charge on any atom is -0.345 e. The molecular weight excluding hydrogens is 278 g/mol. The molecule has 4 aromatic rings. The maximum Gasteiger partial charge on any atom is 0.258 e. The summed E-state index contributed by atoms with van der Waals surface area (Å²) < 4.78 is 5.30. The van der Waals surface area contributed by atoms with Crippen molar-refractivity contribution in [2.45, 2.75) is 0 Å². The number of nitrogens with zero attached hydrogens (tertiary/aromatic N) is 4. The number of H-pyrrole nitrogens is 1. The van der Waals surface area contributed by atoms with E-state index in [0.29, 0.717) is 17.3 Å². The monoisotopic (exact) mass is 287 g/mol. The molecule has 2 aromatic carbocycles. The van der Waals surface area contributed by atoms with E-state index in [1.807, 2.05) is 18.2 Å². The maximum atomic E-state index is 8.81. The van der Waals surface area contributed by atoms with Crippen LogP contribution in [0.25, 0.3) is 33.9 Å². The molecule has 2 heterocycles. The molecule has 0 aliphatic heterocycles. The summed E-state index contributed by atoms with van der Waals surface area (Å²) in [4.78, 5) is 11.6. The summed E-state index contributed by atoms with van der Waals surface area (Å²) in [7, 11) is 0. The van der Waals surface area contributed by atoms with E-state index in [2.05, 4.69) is 26.2 Å². The topological polar surface area (TPSA) is 91.4 Å². The molecule has 0 fully saturated rings. The van der Waals surface area contributed by atoms with Gasteiger partial charge in [0, 0.05) is 11.1 Å². The molecule has 0 aliphatic rings. The van der Waals surface area contributed by atoms with Gasteiger partial charge < -0.3 is 9.51 Å².